The van der Waals surface area contributed by atoms with Crippen molar-refractivity contribution in [1.82, 2.24) is 19.8 Å². The number of tetrazole rings is 1. The Morgan fingerprint density at radius 2 is 1.97 bits per heavy atom. The highest BCUT2D eigenvalue weighted by molar-refractivity contribution is 5.98. The molecule has 0 spiro atoms. The lowest BCUT2D eigenvalue weighted by Gasteiger charge is -2.15. The zero-order valence-corrected chi connectivity index (χ0v) is 17.7. The van der Waals surface area contributed by atoms with Gasteiger partial charge in [0.05, 0.1) is 24.1 Å². The summed E-state index contributed by atoms with van der Waals surface area (Å²) in [5.74, 6) is 1.31. The van der Waals surface area contributed by atoms with Crippen LogP contribution in [0.3, 0.4) is 0 Å². The van der Waals surface area contributed by atoms with Crippen molar-refractivity contribution in [2.75, 3.05) is 13.7 Å². The fourth-order valence-corrected chi connectivity index (χ4v) is 2.95. The van der Waals surface area contributed by atoms with Gasteiger partial charge in [0.25, 0.3) is 0 Å². The number of aryl methyl sites for hydroxylation is 2. The second-order valence-electron chi connectivity index (χ2n) is 6.62. The van der Waals surface area contributed by atoms with Crippen molar-refractivity contribution >= 4 is 5.71 Å². The second kappa shape index (κ2) is 9.25. The van der Waals surface area contributed by atoms with E-state index in [1.807, 2.05) is 45.0 Å². The summed E-state index contributed by atoms with van der Waals surface area (Å²) < 4.78 is 13.9. The van der Waals surface area contributed by atoms with Crippen LogP contribution in [0.1, 0.15) is 30.5 Å². The molecule has 0 bridgehead atoms. The quantitative estimate of drug-likeness (QED) is 0.418. The van der Waals surface area contributed by atoms with E-state index in [-0.39, 0.29) is 12.3 Å². The lowest BCUT2D eigenvalue weighted by atomic mass is 10.1. The molecule has 1 aromatic heterocycles. The maximum absolute atomic E-state index is 12.3. The van der Waals surface area contributed by atoms with Gasteiger partial charge >= 0.3 is 5.69 Å². The Balaban J connectivity index is 1.89. The first-order valence-electron chi connectivity index (χ1n) is 9.51. The van der Waals surface area contributed by atoms with Gasteiger partial charge in [-0.2, -0.15) is 9.36 Å². The molecule has 3 rings (SSSR count). The molecule has 0 N–H and O–H groups in total. The first-order valence-corrected chi connectivity index (χ1v) is 9.51. The Labute approximate surface area is 174 Å². The summed E-state index contributed by atoms with van der Waals surface area (Å²) >= 11 is 0. The first kappa shape index (κ1) is 21.1. The predicted molar refractivity (Wildman–Crippen MR) is 113 cm³/mol. The molecular formula is C21H25N5O4. The number of oxime groups is 1. The van der Waals surface area contributed by atoms with Crippen molar-refractivity contribution in [1.29, 1.82) is 0 Å². The highest BCUT2D eigenvalue weighted by Crippen LogP contribution is 2.27. The normalized spacial score (nSPS) is 11.4. The summed E-state index contributed by atoms with van der Waals surface area (Å²) in [5.41, 5.74) is 3.60. The fourth-order valence-electron chi connectivity index (χ4n) is 2.95. The molecule has 30 heavy (non-hydrogen) atoms. The van der Waals surface area contributed by atoms with Crippen LogP contribution < -0.4 is 15.2 Å². The summed E-state index contributed by atoms with van der Waals surface area (Å²) in [6.45, 7) is 6.45. The number of aromatic nitrogens is 4. The number of rotatable bonds is 8. The molecule has 2 aromatic carbocycles. The zero-order chi connectivity index (χ0) is 21.7. The molecule has 0 atom stereocenters. The molecule has 0 saturated heterocycles. The lowest BCUT2D eigenvalue weighted by Crippen LogP contribution is -2.23. The van der Waals surface area contributed by atoms with Crippen LogP contribution in [0.25, 0.3) is 5.69 Å². The van der Waals surface area contributed by atoms with Crippen LogP contribution in [-0.2, 0) is 18.5 Å². The van der Waals surface area contributed by atoms with Crippen LogP contribution in [0.2, 0.25) is 0 Å². The molecule has 0 unspecified atom stereocenters. The van der Waals surface area contributed by atoms with Gasteiger partial charge in [-0.3, -0.25) is 0 Å². The van der Waals surface area contributed by atoms with E-state index >= 15 is 0 Å². The number of benzene rings is 2. The molecule has 0 amide bonds. The molecular weight excluding hydrogens is 386 g/mol. The third-order valence-electron chi connectivity index (χ3n) is 4.57. The minimum absolute atomic E-state index is 0.189. The largest absolute Gasteiger partial charge is 0.496 e. The smallest absolute Gasteiger partial charge is 0.368 e. The van der Waals surface area contributed by atoms with Crippen molar-refractivity contribution in [2.45, 2.75) is 27.4 Å². The van der Waals surface area contributed by atoms with Crippen LogP contribution in [-0.4, -0.2) is 39.2 Å². The predicted octanol–water partition coefficient (Wildman–Crippen LogP) is 2.62. The summed E-state index contributed by atoms with van der Waals surface area (Å²) in [6, 6.07) is 11.2. The maximum Gasteiger partial charge on any atom is 0.368 e. The van der Waals surface area contributed by atoms with Crippen LogP contribution in [0.15, 0.2) is 46.3 Å². The fraction of sp³-hybridized carbons (Fsp3) is 0.333. The van der Waals surface area contributed by atoms with Crippen molar-refractivity contribution in [3.63, 3.8) is 0 Å². The average Bonchev–Trinajstić information content (AvgIpc) is 3.09. The van der Waals surface area contributed by atoms with Gasteiger partial charge in [-0.05, 0) is 72.7 Å². The second-order valence-corrected chi connectivity index (χ2v) is 6.62. The molecule has 0 radical (unpaired) electrons. The standard InChI is InChI=1S/C21H25N5O4/c1-6-30-22-15(3)16-10-11-19(14(2)12-16)29-13-17-18(8-7-9-20(17)28-5)26-21(27)25(4)23-24-26/h7-12H,6,13H2,1-5H3/b22-15-. The number of hydrogen-bond donors (Lipinski definition) is 0. The minimum atomic E-state index is -0.353. The van der Waals surface area contributed by atoms with Crippen LogP contribution in [0.5, 0.6) is 11.5 Å². The highest BCUT2D eigenvalue weighted by Gasteiger charge is 2.16. The number of hydrogen-bond acceptors (Lipinski definition) is 7. The Morgan fingerprint density at radius 3 is 2.60 bits per heavy atom. The Morgan fingerprint density at radius 1 is 1.17 bits per heavy atom. The van der Waals surface area contributed by atoms with E-state index in [9.17, 15) is 4.79 Å². The molecule has 3 aromatic rings. The van der Waals surface area contributed by atoms with Crippen molar-refractivity contribution in [3.8, 4) is 17.2 Å². The zero-order valence-electron chi connectivity index (χ0n) is 17.7. The SMILES string of the molecule is CCO/N=C(/C)c1ccc(OCc2c(OC)cccc2-n2nnn(C)c2=O)c(C)c1. The maximum atomic E-state index is 12.3. The van der Waals surface area contributed by atoms with Gasteiger partial charge in [0, 0.05) is 7.05 Å². The van der Waals surface area contributed by atoms with Crippen LogP contribution in [0.4, 0.5) is 0 Å². The van der Waals surface area contributed by atoms with E-state index in [2.05, 4.69) is 15.6 Å². The Kier molecular flexibility index (Phi) is 6.51. The van der Waals surface area contributed by atoms with Gasteiger partial charge in [-0.15, -0.1) is 0 Å². The third-order valence-corrected chi connectivity index (χ3v) is 4.57. The summed E-state index contributed by atoms with van der Waals surface area (Å²) in [4.78, 5) is 17.4. The molecule has 0 saturated carbocycles. The van der Waals surface area contributed by atoms with Crippen molar-refractivity contribution in [3.05, 3.63) is 63.6 Å². The van der Waals surface area contributed by atoms with E-state index < -0.39 is 0 Å². The van der Waals surface area contributed by atoms with Gasteiger partial charge in [-0.1, -0.05) is 11.2 Å². The lowest BCUT2D eigenvalue weighted by molar-refractivity contribution is 0.159. The van der Waals surface area contributed by atoms with Crippen LogP contribution >= 0.6 is 0 Å². The molecule has 1 heterocycles. The highest BCUT2D eigenvalue weighted by atomic mass is 16.6. The Bertz CT molecular complexity index is 1120. The number of nitrogens with zero attached hydrogens (tertiary/aromatic N) is 5. The molecule has 0 aliphatic heterocycles. The average molecular weight is 411 g/mol. The van der Waals surface area contributed by atoms with Gasteiger partial charge in [0.1, 0.15) is 24.7 Å². The molecule has 0 aliphatic rings. The van der Waals surface area contributed by atoms with Gasteiger partial charge in [0.15, 0.2) is 0 Å². The van der Waals surface area contributed by atoms with Gasteiger partial charge in [0.2, 0.25) is 0 Å². The van der Waals surface area contributed by atoms with Crippen molar-refractivity contribution in [2.24, 2.45) is 12.2 Å². The molecule has 9 nitrogen and oxygen atoms in total. The van der Waals surface area contributed by atoms with E-state index in [1.165, 1.54) is 9.36 Å². The molecule has 158 valence electrons. The number of methoxy groups -OCH3 is 1. The van der Waals surface area contributed by atoms with Gasteiger partial charge in [-0.25, -0.2) is 4.79 Å². The summed E-state index contributed by atoms with van der Waals surface area (Å²) in [5, 5.41) is 11.8. The molecule has 9 heteroatoms. The van der Waals surface area contributed by atoms with Crippen LogP contribution in [0, 0.1) is 6.92 Å². The van der Waals surface area contributed by atoms with Crippen molar-refractivity contribution < 1.29 is 14.3 Å². The third kappa shape index (κ3) is 4.35. The van der Waals surface area contributed by atoms with E-state index in [0.29, 0.717) is 29.4 Å². The monoisotopic (exact) mass is 411 g/mol. The Hall–Kier alpha value is -3.62. The van der Waals surface area contributed by atoms with E-state index in [4.69, 9.17) is 14.3 Å². The van der Waals surface area contributed by atoms with Gasteiger partial charge < -0.3 is 14.3 Å². The first-order chi connectivity index (χ1) is 14.5. The summed E-state index contributed by atoms with van der Waals surface area (Å²) in [7, 11) is 3.12. The van der Waals surface area contributed by atoms with E-state index in [0.717, 1.165) is 16.8 Å². The topological polar surface area (TPSA) is 92.8 Å². The minimum Gasteiger partial charge on any atom is -0.496 e. The molecule has 0 fully saturated rings. The molecule has 0 aliphatic carbocycles. The van der Waals surface area contributed by atoms with E-state index in [1.54, 1.807) is 26.3 Å². The number of ether oxygens (including phenoxy) is 2. The summed E-state index contributed by atoms with van der Waals surface area (Å²) in [6.07, 6.45) is 0.